The van der Waals surface area contributed by atoms with Crippen molar-refractivity contribution < 1.29 is 13.5 Å². The van der Waals surface area contributed by atoms with Gasteiger partial charge in [0.05, 0.1) is 11.4 Å². The number of halogens is 2. The van der Waals surface area contributed by atoms with Crippen molar-refractivity contribution in [2.75, 3.05) is 0 Å². The molecule has 1 N–H and O–H groups in total. The van der Waals surface area contributed by atoms with E-state index in [-0.39, 0.29) is 5.90 Å². The van der Waals surface area contributed by atoms with Crippen molar-refractivity contribution in [1.29, 1.82) is 0 Å². The van der Waals surface area contributed by atoms with Crippen molar-refractivity contribution in [1.82, 2.24) is 30.0 Å². The van der Waals surface area contributed by atoms with E-state index < -0.39 is 12.7 Å². The number of hydrogen-bond donors (Lipinski definition) is 1. The Morgan fingerprint density at radius 3 is 2.80 bits per heavy atom. The molecular weight excluding hydrogens is 332 g/mol. The van der Waals surface area contributed by atoms with Crippen LogP contribution in [0.3, 0.4) is 0 Å². The molecule has 0 aromatic carbocycles. The molecule has 1 unspecified atom stereocenters. The maximum atomic E-state index is 12.2. The van der Waals surface area contributed by atoms with E-state index in [9.17, 15) is 8.78 Å². The number of rotatable bonds is 3. The van der Waals surface area contributed by atoms with Gasteiger partial charge in [-0.2, -0.15) is 23.4 Å². The molecule has 1 aliphatic heterocycles. The first-order chi connectivity index (χ1) is 12.2. The topological polar surface area (TPSA) is 89.6 Å². The van der Waals surface area contributed by atoms with E-state index in [1.807, 2.05) is 18.2 Å². The smallest absolute Gasteiger partial charge is 0.388 e. The monoisotopic (exact) mass is 343 g/mol. The Bertz CT molecular complexity index is 955. The fourth-order valence-corrected chi connectivity index (χ4v) is 2.43. The van der Waals surface area contributed by atoms with Crippen LogP contribution < -0.4 is 5.43 Å². The first-order valence-electron chi connectivity index (χ1n) is 7.28. The summed E-state index contributed by atoms with van der Waals surface area (Å²) in [6.07, 6.45) is 7.77. The summed E-state index contributed by atoms with van der Waals surface area (Å²) in [6, 6.07) is 5.11. The molecule has 4 rings (SSSR count). The van der Waals surface area contributed by atoms with Crippen molar-refractivity contribution in [3.05, 3.63) is 54.8 Å². The second-order valence-corrected chi connectivity index (χ2v) is 5.07. The van der Waals surface area contributed by atoms with Gasteiger partial charge in [0.1, 0.15) is 12.4 Å². The molecule has 0 saturated carbocycles. The Morgan fingerprint density at radius 1 is 1.24 bits per heavy atom. The molecule has 0 radical (unpaired) electrons. The number of alkyl halides is 2. The van der Waals surface area contributed by atoms with Crippen LogP contribution in [0.1, 0.15) is 11.7 Å². The Balaban J connectivity index is 1.70. The zero-order chi connectivity index (χ0) is 17.2. The van der Waals surface area contributed by atoms with Gasteiger partial charge in [-0.3, -0.25) is 10.4 Å². The molecule has 10 heteroatoms. The normalized spacial score (nSPS) is 16.8. The van der Waals surface area contributed by atoms with E-state index >= 15 is 0 Å². The van der Waals surface area contributed by atoms with Crippen LogP contribution in [0.4, 0.5) is 8.78 Å². The lowest BCUT2D eigenvalue weighted by Crippen LogP contribution is -2.23. The molecule has 0 fully saturated rings. The molecule has 4 heterocycles. The standard InChI is InChI=1S/C15H11F2N7O/c16-14(17)25-13-2-1-10(22-23-13)11-7-12(9-3-5-18-6-4-9)24-15(21-11)19-8-20-24/h1-8,10,14,22H. The predicted molar refractivity (Wildman–Crippen MR) is 83.6 cm³/mol. The zero-order valence-electron chi connectivity index (χ0n) is 12.6. The van der Waals surface area contributed by atoms with Gasteiger partial charge in [-0.1, -0.05) is 0 Å². The molecule has 8 nitrogen and oxygen atoms in total. The van der Waals surface area contributed by atoms with Gasteiger partial charge in [0, 0.05) is 24.0 Å². The van der Waals surface area contributed by atoms with Crippen LogP contribution in [-0.2, 0) is 4.74 Å². The highest BCUT2D eigenvalue weighted by atomic mass is 19.3. The summed E-state index contributed by atoms with van der Waals surface area (Å²) >= 11 is 0. The average molecular weight is 343 g/mol. The van der Waals surface area contributed by atoms with Crippen LogP contribution in [0, 0.1) is 0 Å². The molecule has 0 aliphatic carbocycles. The minimum absolute atomic E-state index is 0.191. The lowest BCUT2D eigenvalue weighted by molar-refractivity contribution is -0.0599. The fourth-order valence-electron chi connectivity index (χ4n) is 2.43. The van der Waals surface area contributed by atoms with Crippen LogP contribution in [0.5, 0.6) is 0 Å². The predicted octanol–water partition coefficient (Wildman–Crippen LogP) is 1.94. The van der Waals surface area contributed by atoms with E-state index in [0.717, 1.165) is 11.3 Å². The van der Waals surface area contributed by atoms with Gasteiger partial charge in [0.25, 0.3) is 5.78 Å². The summed E-state index contributed by atoms with van der Waals surface area (Å²) in [5, 5.41) is 7.96. The number of ether oxygens (including phenoxy) is 1. The highest BCUT2D eigenvalue weighted by molar-refractivity contribution is 5.88. The molecule has 1 aliphatic rings. The van der Waals surface area contributed by atoms with Crippen molar-refractivity contribution in [3.8, 4) is 11.3 Å². The third kappa shape index (κ3) is 3.01. The van der Waals surface area contributed by atoms with Crippen LogP contribution in [0.25, 0.3) is 17.0 Å². The molecule has 1 atom stereocenters. The number of pyridine rings is 1. The van der Waals surface area contributed by atoms with Gasteiger partial charge in [-0.05, 0) is 24.3 Å². The van der Waals surface area contributed by atoms with Crippen molar-refractivity contribution in [3.63, 3.8) is 0 Å². The highest BCUT2D eigenvalue weighted by Crippen LogP contribution is 2.24. The summed E-state index contributed by atoms with van der Waals surface area (Å²) in [4.78, 5) is 12.6. The van der Waals surface area contributed by atoms with Crippen molar-refractivity contribution in [2.24, 2.45) is 5.10 Å². The highest BCUT2D eigenvalue weighted by Gasteiger charge is 2.19. The van der Waals surface area contributed by atoms with E-state index in [0.29, 0.717) is 11.5 Å². The zero-order valence-corrected chi connectivity index (χ0v) is 12.6. The summed E-state index contributed by atoms with van der Waals surface area (Å²) < 4.78 is 30.3. The number of aromatic nitrogens is 5. The molecule has 0 amide bonds. The van der Waals surface area contributed by atoms with Gasteiger partial charge in [0.15, 0.2) is 0 Å². The third-order valence-electron chi connectivity index (χ3n) is 3.52. The maximum absolute atomic E-state index is 12.2. The SMILES string of the molecule is FC(F)OC1=NNC(c2cc(-c3ccncc3)n3ncnc3n2)C=C1. The number of nitrogens with zero attached hydrogens (tertiary/aromatic N) is 6. The first-order valence-corrected chi connectivity index (χ1v) is 7.28. The molecular formula is C15H11F2N7O. The summed E-state index contributed by atoms with van der Waals surface area (Å²) in [5.41, 5.74) is 5.01. The molecule has 0 bridgehead atoms. The number of hydrazone groups is 1. The van der Waals surface area contributed by atoms with Crippen LogP contribution >= 0.6 is 0 Å². The summed E-state index contributed by atoms with van der Waals surface area (Å²) in [6.45, 7) is -2.93. The van der Waals surface area contributed by atoms with E-state index in [2.05, 4.69) is 35.3 Å². The Kier molecular flexibility index (Phi) is 3.77. The minimum Gasteiger partial charge on any atom is -0.415 e. The summed E-state index contributed by atoms with van der Waals surface area (Å²) in [7, 11) is 0. The molecule has 0 saturated heterocycles. The van der Waals surface area contributed by atoms with E-state index in [4.69, 9.17) is 0 Å². The van der Waals surface area contributed by atoms with Crippen LogP contribution in [0.15, 0.2) is 54.2 Å². The second-order valence-electron chi connectivity index (χ2n) is 5.07. The van der Waals surface area contributed by atoms with Crippen molar-refractivity contribution >= 4 is 11.7 Å². The Labute approximate surface area is 139 Å². The van der Waals surface area contributed by atoms with Gasteiger partial charge in [-0.25, -0.2) is 4.98 Å². The van der Waals surface area contributed by atoms with E-state index in [1.165, 1.54) is 12.4 Å². The minimum atomic E-state index is -2.93. The lowest BCUT2D eigenvalue weighted by Gasteiger charge is -2.18. The number of hydrogen-bond acceptors (Lipinski definition) is 7. The van der Waals surface area contributed by atoms with Gasteiger partial charge in [-0.15, -0.1) is 5.10 Å². The Hall–Kier alpha value is -3.43. The van der Waals surface area contributed by atoms with Crippen molar-refractivity contribution in [2.45, 2.75) is 12.7 Å². The van der Waals surface area contributed by atoms with E-state index in [1.54, 1.807) is 23.0 Å². The average Bonchev–Trinajstić information content (AvgIpc) is 3.10. The van der Waals surface area contributed by atoms with Crippen LogP contribution in [0.2, 0.25) is 0 Å². The van der Waals surface area contributed by atoms with Gasteiger partial charge >= 0.3 is 6.61 Å². The third-order valence-corrected chi connectivity index (χ3v) is 3.52. The fraction of sp³-hybridized carbons (Fsp3) is 0.133. The molecule has 126 valence electrons. The van der Waals surface area contributed by atoms with Gasteiger partial charge in [0.2, 0.25) is 5.90 Å². The largest absolute Gasteiger partial charge is 0.415 e. The lowest BCUT2D eigenvalue weighted by atomic mass is 10.1. The molecule has 3 aromatic rings. The summed E-state index contributed by atoms with van der Waals surface area (Å²) in [5.74, 6) is 0.224. The first kappa shape index (κ1) is 15.1. The second kappa shape index (κ2) is 6.23. The Morgan fingerprint density at radius 2 is 2.08 bits per heavy atom. The van der Waals surface area contributed by atoms with Crippen LogP contribution in [-0.4, -0.2) is 37.1 Å². The molecule has 3 aromatic heterocycles. The molecule has 0 spiro atoms. The maximum Gasteiger partial charge on any atom is 0.388 e. The quantitative estimate of drug-likeness (QED) is 0.782. The number of nitrogens with one attached hydrogen (secondary N) is 1. The number of fused-ring (bicyclic) bond motifs is 1. The van der Waals surface area contributed by atoms with Gasteiger partial charge < -0.3 is 4.74 Å². The molecule has 25 heavy (non-hydrogen) atoms.